The predicted octanol–water partition coefficient (Wildman–Crippen LogP) is 1.83. The van der Waals surface area contributed by atoms with Gasteiger partial charge in [-0.15, -0.1) is 0 Å². The standard InChI is InChI=1S/C14H26N4O3/c1-4-5-8-21-9-6-7-16-13-12(15)14(20-3)18-11(17-13)10-19-2/h4-10,15H2,1-3H3,(H,16,17,18). The zero-order valence-corrected chi connectivity index (χ0v) is 13.1. The lowest BCUT2D eigenvalue weighted by Crippen LogP contribution is -2.12. The molecule has 120 valence electrons. The Balaban J connectivity index is 2.47. The van der Waals surface area contributed by atoms with Gasteiger partial charge in [0.2, 0.25) is 5.88 Å². The van der Waals surface area contributed by atoms with Crippen LogP contribution in [0.15, 0.2) is 0 Å². The first-order chi connectivity index (χ1) is 10.2. The number of hydrogen-bond acceptors (Lipinski definition) is 7. The third-order valence-electron chi connectivity index (χ3n) is 2.82. The molecule has 1 aromatic heterocycles. The van der Waals surface area contributed by atoms with Crippen molar-refractivity contribution in [3.05, 3.63) is 5.82 Å². The highest BCUT2D eigenvalue weighted by Gasteiger charge is 2.11. The number of nitrogens with two attached hydrogens (primary N) is 1. The van der Waals surface area contributed by atoms with Crippen molar-refractivity contribution in [2.75, 3.05) is 45.0 Å². The van der Waals surface area contributed by atoms with E-state index < -0.39 is 0 Å². The molecule has 0 aliphatic rings. The molecule has 0 aliphatic carbocycles. The van der Waals surface area contributed by atoms with Gasteiger partial charge in [0, 0.05) is 26.9 Å². The number of anilines is 2. The van der Waals surface area contributed by atoms with Crippen molar-refractivity contribution in [3.63, 3.8) is 0 Å². The molecule has 3 N–H and O–H groups in total. The van der Waals surface area contributed by atoms with Crippen molar-refractivity contribution in [1.82, 2.24) is 9.97 Å². The van der Waals surface area contributed by atoms with Crippen LogP contribution in [0, 0.1) is 0 Å². The molecule has 0 unspecified atom stereocenters. The third-order valence-corrected chi connectivity index (χ3v) is 2.82. The summed E-state index contributed by atoms with van der Waals surface area (Å²) < 4.78 is 15.7. The first-order valence-electron chi connectivity index (χ1n) is 7.23. The van der Waals surface area contributed by atoms with E-state index in [-0.39, 0.29) is 0 Å². The van der Waals surface area contributed by atoms with Crippen LogP contribution in [0.4, 0.5) is 11.5 Å². The van der Waals surface area contributed by atoms with Crippen LogP contribution >= 0.6 is 0 Å². The summed E-state index contributed by atoms with van der Waals surface area (Å²) in [7, 11) is 3.12. The van der Waals surface area contributed by atoms with E-state index in [1.807, 2.05) is 0 Å². The summed E-state index contributed by atoms with van der Waals surface area (Å²) in [6, 6.07) is 0. The van der Waals surface area contributed by atoms with Gasteiger partial charge in [0.25, 0.3) is 0 Å². The van der Waals surface area contributed by atoms with Gasteiger partial charge >= 0.3 is 0 Å². The van der Waals surface area contributed by atoms with Crippen LogP contribution in [0.3, 0.4) is 0 Å². The third kappa shape index (κ3) is 6.14. The molecular formula is C14H26N4O3. The summed E-state index contributed by atoms with van der Waals surface area (Å²) >= 11 is 0. The Kier molecular flexibility index (Phi) is 8.45. The highest BCUT2D eigenvalue weighted by atomic mass is 16.5. The lowest BCUT2D eigenvalue weighted by Gasteiger charge is -2.12. The first-order valence-corrected chi connectivity index (χ1v) is 7.23. The summed E-state index contributed by atoms with van der Waals surface area (Å²) in [6.07, 6.45) is 3.14. The fourth-order valence-corrected chi connectivity index (χ4v) is 1.71. The van der Waals surface area contributed by atoms with Gasteiger partial charge in [-0.25, -0.2) is 4.98 Å². The maximum Gasteiger partial charge on any atom is 0.242 e. The average molecular weight is 298 g/mol. The Morgan fingerprint density at radius 3 is 2.57 bits per heavy atom. The first kappa shape index (κ1) is 17.5. The normalized spacial score (nSPS) is 10.6. The van der Waals surface area contributed by atoms with E-state index in [0.717, 1.165) is 39.0 Å². The molecule has 1 rings (SSSR count). The van der Waals surface area contributed by atoms with Crippen LogP contribution in [0.2, 0.25) is 0 Å². The van der Waals surface area contributed by atoms with Crippen molar-refractivity contribution in [2.45, 2.75) is 32.8 Å². The number of methoxy groups -OCH3 is 2. The second-order valence-electron chi connectivity index (χ2n) is 4.59. The summed E-state index contributed by atoms with van der Waals surface area (Å²) in [5, 5.41) is 3.19. The van der Waals surface area contributed by atoms with E-state index in [0.29, 0.717) is 29.8 Å². The number of hydrogen-bond donors (Lipinski definition) is 2. The number of ether oxygens (including phenoxy) is 3. The van der Waals surface area contributed by atoms with Crippen LogP contribution < -0.4 is 15.8 Å². The van der Waals surface area contributed by atoms with E-state index in [9.17, 15) is 0 Å². The molecule has 1 aromatic rings. The molecule has 0 aliphatic heterocycles. The van der Waals surface area contributed by atoms with Gasteiger partial charge in [0.15, 0.2) is 11.6 Å². The molecule has 0 saturated heterocycles. The van der Waals surface area contributed by atoms with Crippen molar-refractivity contribution in [2.24, 2.45) is 0 Å². The van der Waals surface area contributed by atoms with Gasteiger partial charge < -0.3 is 25.3 Å². The molecule has 0 spiro atoms. The fraction of sp³-hybridized carbons (Fsp3) is 0.714. The molecule has 0 atom stereocenters. The summed E-state index contributed by atoms with van der Waals surface area (Å²) in [6.45, 7) is 4.72. The van der Waals surface area contributed by atoms with Crippen LogP contribution in [0.5, 0.6) is 5.88 Å². The number of nitrogens with one attached hydrogen (secondary N) is 1. The van der Waals surface area contributed by atoms with Gasteiger partial charge in [-0.2, -0.15) is 4.98 Å². The second-order valence-corrected chi connectivity index (χ2v) is 4.59. The van der Waals surface area contributed by atoms with Crippen LogP contribution in [0.1, 0.15) is 32.0 Å². The topological polar surface area (TPSA) is 91.5 Å². The fourth-order valence-electron chi connectivity index (χ4n) is 1.71. The second kappa shape index (κ2) is 10.2. The predicted molar refractivity (Wildman–Crippen MR) is 82.5 cm³/mol. The van der Waals surface area contributed by atoms with E-state index in [1.165, 1.54) is 7.11 Å². The van der Waals surface area contributed by atoms with E-state index in [1.54, 1.807) is 7.11 Å². The zero-order valence-electron chi connectivity index (χ0n) is 13.1. The Bertz CT molecular complexity index is 415. The van der Waals surface area contributed by atoms with Crippen molar-refractivity contribution in [3.8, 4) is 5.88 Å². The van der Waals surface area contributed by atoms with Gasteiger partial charge in [-0.3, -0.25) is 0 Å². The SMILES string of the molecule is CCCCOCCCNc1nc(COC)nc(OC)c1N. The van der Waals surface area contributed by atoms with Crippen LogP contribution in [-0.2, 0) is 16.1 Å². The minimum Gasteiger partial charge on any atom is -0.479 e. The lowest BCUT2D eigenvalue weighted by molar-refractivity contribution is 0.131. The summed E-state index contributed by atoms with van der Waals surface area (Å²) in [5.41, 5.74) is 6.36. The molecule has 0 bridgehead atoms. The number of nitrogens with zero attached hydrogens (tertiary/aromatic N) is 2. The molecule has 7 nitrogen and oxygen atoms in total. The number of unbranched alkanes of at least 4 members (excludes halogenated alkanes) is 1. The number of nitrogen functional groups attached to an aromatic ring is 1. The molecule has 21 heavy (non-hydrogen) atoms. The highest BCUT2D eigenvalue weighted by Crippen LogP contribution is 2.25. The smallest absolute Gasteiger partial charge is 0.242 e. The zero-order chi connectivity index (χ0) is 15.5. The number of aromatic nitrogens is 2. The summed E-state index contributed by atoms with van der Waals surface area (Å²) in [4.78, 5) is 8.50. The minimum absolute atomic E-state index is 0.311. The molecule has 7 heteroatoms. The molecule has 0 aromatic carbocycles. The highest BCUT2D eigenvalue weighted by molar-refractivity contribution is 5.66. The minimum atomic E-state index is 0.311. The van der Waals surface area contributed by atoms with Gasteiger partial charge in [-0.05, 0) is 12.8 Å². The van der Waals surface area contributed by atoms with E-state index >= 15 is 0 Å². The van der Waals surface area contributed by atoms with Gasteiger partial charge in [0.05, 0.1) is 7.11 Å². The van der Waals surface area contributed by atoms with Crippen LogP contribution in [-0.4, -0.2) is 43.9 Å². The molecule has 0 saturated carbocycles. The lowest BCUT2D eigenvalue weighted by atomic mass is 10.3. The maximum absolute atomic E-state index is 5.95. The molecule has 0 amide bonds. The average Bonchev–Trinajstić information content (AvgIpc) is 2.49. The molecule has 1 heterocycles. The quantitative estimate of drug-likeness (QED) is 0.602. The molecule has 0 radical (unpaired) electrons. The monoisotopic (exact) mass is 298 g/mol. The van der Waals surface area contributed by atoms with Crippen molar-refractivity contribution >= 4 is 11.5 Å². The Labute approximate surface area is 126 Å². The Morgan fingerprint density at radius 2 is 1.90 bits per heavy atom. The molecular weight excluding hydrogens is 272 g/mol. The van der Waals surface area contributed by atoms with E-state index in [4.69, 9.17) is 19.9 Å². The maximum atomic E-state index is 5.95. The van der Waals surface area contributed by atoms with Crippen LogP contribution in [0.25, 0.3) is 0 Å². The van der Waals surface area contributed by atoms with Gasteiger partial charge in [0.1, 0.15) is 12.3 Å². The number of rotatable bonds is 11. The Hall–Kier alpha value is -1.60. The van der Waals surface area contributed by atoms with Crippen molar-refractivity contribution in [1.29, 1.82) is 0 Å². The van der Waals surface area contributed by atoms with Gasteiger partial charge in [-0.1, -0.05) is 13.3 Å². The largest absolute Gasteiger partial charge is 0.479 e. The summed E-state index contributed by atoms with van der Waals surface area (Å²) in [5.74, 6) is 1.46. The Morgan fingerprint density at radius 1 is 1.14 bits per heavy atom. The molecule has 0 fully saturated rings. The van der Waals surface area contributed by atoms with E-state index in [2.05, 4.69) is 22.2 Å². The van der Waals surface area contributed by atoms with Crippen molar-refractivity contribution < 1.29 is 14.2 Å².